The van der Waals surface area contributed by atoms with Crippen LogP contribution in [0.3, 0.4) is 0 Å². The molecule has 1 fully saturated rings. The Morgan fingerprint density at radius 1 is 1.19 bits per heavy atom. The van der Waals surface area contributed by atoms with Crippen molar-refractivity contribution in [1.82, 2.24) is 4.98 Å². The lowest BCUT2D eigenvalue weighted by molar-refractivity contribution is 0.0907. The van der Waals surface area contributed by atoms with Crippen molar-refractivity contribution in [3.8, 4) is 0 Å². The Morgan fingerprint density at radius 3 is 2.71 bits per heavy atom. The van der Waals surface area contributed by atoms with Crippen LogP contribution < -0.4 is 4.90 Å². The van der Waals surface area contributed by atoms with E-state index in [1.165, 1.54) is 12.3 Å². The lowest BCUT2D eigenvalue weighted by Crippen LogP contribution is -2.39. The molecule has 1 atom stereocenters. The van der Waals surface area contributed by atoms with Crippen molar-refractivity contribution in [1.29, 1.82) is 0 Å². The molecule has 1 aliphatic heterocycles. The van der Waals surface area contributed by atoms with Crippen molar-refractivity contribution in [2.75, 3.05) is 18.0 Å². The number of piperidine rings is 1. The molecule has 0 saturated carbocycles. The number of carbonyl (C=O) groups is 1. The van der Waals surface area contributed by atoms with Gasteiger partial charge in [0.05, 0.1) is 6.20 Å². The average molecular weight is 284 g/mol. The van der Waals surface area contributed by atoms with Gasteiger partial charge in [0, 0.05) is 24.6 Å². The second-order valence-electron chi connectivity index (χ2n) is 5.35. The lowest BCUT2D eigenvalue weighted by atomic mass is 9.90. The monoisotopic (exact) mass is 284 g/mol. The van der Waals surface area contributed by atoms with Crippen LogP contribution in [0, 0.1) is 11.7 Å². The molecule has 4 heteroatoms. The van der Waals surface area contributed by atoms with Crippen LogP contribution in [0.4, 0.5) is 10.2 Å². The van der Waals surface area contributed by atoms with E-state index in [4.69, 9.17) is 0 Å². The molecule has 3 rings (SSSR count). The molecule has 0 amide bonds. The Morgan fingerprint density at radius 2 is 2.00 bits per heavy atom. The molecule has 1 aromatic carbocycles. The number of carbonyl (C=O) groups excluding carboxylic acids is 1. The smallest absolute Gasteiger partial charge is 0.167 e. The van der Waals surface area contributed by atoms with E-state index in [1.807, 2.05) is 30.3 Å². The van der Waals surface area contributed by atoms with Gasteiger partial charge in [0.15, 0.2) is 5.78 Å². The Balaban J connectivity index is 1.74. The molecule has 0 spiro atoms. The van der Waals surface area contributed by atoms with Crippen LogP contribution in [-0.2, 0) is 0 Å². The van der Waals surface area contributed by atoms with E-state index in [9.17, 15) is 9.18 Å². The summed E-state index contributed by atoms with van der Waals surface area (Å²) < 4.78 is 12.9. The first-order valence-corrected chi connectivity index (χ1v) is 7.20. The zero-order valence-electron chi connectivity index (χ0n) is 11.7. The Bertz CT molecular complexity index is 612. The van der Waals surface area contributed by atoms with Crippen LogP contribution in [0.25, 0.3) is 0 Å². The molecular weight excluding hydrogens is 267 g/mol. The van der Waals surface area contributed by atoms with Crippen molar-refractivity contribution >= 4 is 11.6 Å². The van der Waals surface area contributed by atoms with Gasteiger partial charge in [-0.25, -0.2) is 9.37 Å². The molecule has 1 aliphatic rings. The maximum absolute atomic E-state index is 12.9. The predicted molar refractivity (Wildman–Crippen MR) is 79.9 cm³/mol. The Kier molecular flexibility index (Phi) is 3.95. The summed E-state index contributed by atoms with van der Waals surface area (Å²) in [4.78, 5) is 18.7. The third-order valence-electron chi connectivity index (χ3n) is 3.89. The largest absolute Gasteiger partial charge is 0.356 e. The number of hydrogen-bond acceptors (Lipinski definition) is 3. The van der Waals surface area contributed by atoms with E-state index < -0.39 is 0 Å². The van der Waals surface area contributed by atoms with Gasteiger partial charge < -0.3 is 4.90 Å². The molecule has 108 valence electrons. The van der Waals surface area contributed by atoms with E-state index in [-0.39, 0.29) is 17.5 Å². The zero-order chi connectivity index (χ0) is 14.7. The third-order valence-corrected chi connectivity index (χ3v) is 3.89. The highest BCUT2D eigenvalue weighted by atomic mass is 19.1. The first-order chi connectivity index (χ1) is 10.2. The van der Waals surface area contributed by atoms with Crippen molar-refractivity contribution < 1.29 is 9.18 Å². The van der Waals surface area contributed by atoms with Gasteiger partial charge in [0.1, 0.15) is 11.6 Å². The van der Waals surface area contributed by atoms with Crippen molar-refractivity contribution in [2.24, 2.45) is 5.92 Å². The second-order valence-corrected chi connectivity index (χ2v) is 5.35. The van der Waals surface area contributed by atoms with Gasteiger partial charge in [0.2, 0.25) is 0 Å². The summed E-state index contributed by atoms with van der Waals surface area (Å²) in [6, 6.07) is 12.5. The van der Waals surface area contributed by atoms with E-state index in [2.05, 4.69) is 9.88 Å². The summed E-state index contributed by atoms with van der Waals surface area (Å²) in [5, 5.41) is 0. The number of anilines is 1. The Labute approximate surface area is 123 Å². The van der Waals surface area contributed by atoms with E-state index in [0.29, 0.717) is 6.54 Å². The molecule has 0 radical (unpaired) electrons. The number of rotatable bonds is 3. The third kappa shape index (κ3) is 3.10. The summed E-state index contributed by atoms with van der Waals surface area (Å²) in [5.74, 6) is 0.560. The molecule has 21 heavy (non-hydrogen) atoms. The van der Waals surface area contributed by atoms with Crippen molar-refractivity contribution in [3.05, 3.63) is 60.0 Å². The van der Waals surface area contributed by atoms with Crippen LogP contribution in [0.5, 0.6) is 0 Å². The molecule has 1 aromatic heterocycles. The molecular formula is C17H17FN2O. The van der Waals surface area contributed by atoms with Gasteiger partial charge in [-0.1, -0.05) is 30.3 Å². The van der Waals surface area contributed by atoms with Gasteiger partial charge in [-0.3, -0.25) is 4.79 Å². The number of hydrogen-bond donors (Lipinski definition) is 0. The number of pyridine rings is 1. The predicted octanol–water partition coefficient (Wildman–Crippen LogP) is 3.32. The molecule has 1 saturated heterocycles. The fourth-order valence-corrected chi connectivity index (χ4v) is 2.79. The molecule has 0 bridgehead atoms. The van der Waals surface area contributed by atoms with Gasteiger partial charge in [-0.15, -0.1) is 0 Å². The summed E-state index contributed by atoms with van der Waals surface area (Å²) in [5.41, 5.74) is 0.761. The summed E-state index contributed by atoms with van der Waals surface area (Å²) in [6.45, 7) is 1.50. The van der Waals surface area contributed by atoms with Gasteiger partial charge in [-0.05, 0) is 25.0 Å². The molecule has 1 unspecified atom stereocenters. The average Bonchev–Trinajstić information content (AvgIpc) is 2.56. The SMILES string of the molecule is O=C(c1ccccc1)C1CCCN(c2ccc(F)cn2)C1. The molecule has 2 heterocycles. The number of Topliss-reactive ketones (excluding diaryl/α,β-unsaturated/α-hetero) is 1. The van der Waals surface area contributed by atoms with Crippen LogP contribution in [-0.4, -0.2) is 23.9 Å². The molecule has 3 nitrogen and oxygen atoms in total. The van der Waals surface area contributed by atoms with E-state index in [0.717, 1.165) is 30.8 Å². The summed E-state index contributed by atoms with van der Waals surface area (Å²) >= 11 is 0. The van der Waals surface area contributed by atoms with E-state index >= 15 is 0 Å². The second kappa shape index (κ2) is 6.04. The summed E-state index contributed by atoms with van der Waals surface area (Å²) in [7, 11) is 0. The highest BCUT2D eigenvalue weighted by Gasteiger charge is 2.27. The lowest BCUT2D eigenvalue weighted by Gasteiger charge is -2.32. The van der Waals surface area contributed by atoms with Gasteiger partial charge in [-0.2, -0.15) is 0 Å². The summed E-state index contributed by atoms with van der Waals surface area (Å²) in [6.07, 6.45) is 3.06. The fraction of sp³-hybridized carbons (Fsp3) is 0.294. The van der Waals surface area contributed by atoms with Gasteiger partial charge >= 0.3 is 0 Å². The van der Waals surface area contributed by atoms with Crippen LogP contribution in [0.15, 0.2) is 48.7 Å². The highest BCUT2D eigenvalue weighted by molar-refractivity contribution is 5.98. The van der Waals surface area contributed by atoms with Crippen LogP contribution in [0.1, 0.15) is 23.2 Å². The van der Waals surface area contributed by atoms with Crippen molar-refractivity contribution in [2.45, 2.75) is 12.8 Å². The number of ketones is 1. The number of aromatic nitrogens is 1. The van der Waals surface area contributed by atoms with Crippen LogP contribution >= 0.6 is 0 Å². The fourth-order valence-electron chi connectivity index (χ4n) is 2.79. The highest BCUT2D eigenvalue weighted by Crippen LogP contribution is 2.24. The maximum atomic E-state index is 12.9. The number of nitrogens with zero attached hydrogens (tertiary/aromatic N) is 2. The minimum atomic E-state index is -0.340. The minimum Gasteiger partial charge on any atom is -0.356 e. The van der Waals surface area contributed by atoms with Crippen molar-refractivity contribution in [3.63, 3.8) is 0 Å². The molecule has 0 aliphatic carbocycles. The van der Waals surface area contributed by atoms with E-state index in [1.54, 1.807) is 6.07 Å². The quantitative estimate of drug-likeness (QED) is 0.811. The number of benzene rings is 1. The maximum Gasteiger partial charge on any atom is 0.167 e. The standard InChI is InChI=1S/C17H17FN2O/c18-15-8-9-16(19-11-15)20-10-4-7-14(12-20)17(21)13-5-2-1-3-6-13/h1-3,5-6,8-9,11,14H,4,7,10,12H2. The molecule has 2 aromatic rings. The first-order valence-electron chi connectivity index (χ1n) is 7.20. The zero-order valence-corrected chi connectivity index (χ0v) is 11.7. The van der Waals surface area contributed by atoms with Crippen LogP contribution in [0.2, 0.25) is 0 Å². The van der Waals surface area contributed by atoms with Gasteiger partial charge in [0.25, 0.3) is 0 Å². The normalized spacial score (nSPS) is 18.5. The topological polar surface area (TPSA) is 33.2 Å². The number of halogens is 1. The Hall–Kier alpha value is -2.23. The first kappa shape index (κ1) is 13.7. The minimum absolute atomic E-state index is 0.0204. The molecule has 0 N–H and O–H groups in total.